The molecule has 2 N–H and O–H groups in total. The Morgan fingerprint density at radius 3 is 2.81 bits per heavy atom. The number of thioether (sulfide) groups is 2. The van der Waals surface area contributed by atoms with Crippen LogP contribution >= 0.6 is 34.9 Å². The van der Waals surface area contributed by atoms with Gasteiger partial charge in [-0.3, -0.25) is 4.79 Å². The molecule has 8 heteroatoms. The zero-order valence-corrected chi connectivity index (χ0v) is 11.5. The van der Waals surface area contributed by atoms with Crippen molar-refractivity contribution in [1.29, 1.82) is 0 Å². The van der Waals surface area contributed by atoms with Crippen LogP contribution in [-0.4, -0.2) is 40.8 Å². The van der Waals surface area contributed by atoms with Crippen molar-refractivity contribution in [1.82, 2.24) is 10.2 Å². The van der Waals surface area contributed by atoms with Crippen LogP contribution < -0.4 is 5.73 Å². The minimum absolute atomic E-state index is 0.354. The summed E-state index contributed by atoms with van der Waals surface area (Å²) >= 11 is 4.47. The number of rotatable bonds is 6. The zero-order valence-electron chi connectivity index (χ0n) is 9.00. The first-order valence-corrected chi connectivity index (χ1v) is 7.62. The molecule has 1 rings (SSSR count). The molecule has 0 saturated carbocycles. The van der Waals surface area contributed by atoms with Crippen LogP contribution in [-0.2, 0) is 9.53 Å². The highest BCUT2D eigenvalue weighted by molar-refractivity contribution is 8.03. The molecule has 0 amide bonds. The molecular formula is C8H13N3O2S3. The van der Waals surface area contributed by atoms with Crippen molar-refractivity contribution in [2.45, 2.75) is 21.6 Å². The summed E-state index contributed by atoms with van der Waals surface area (Å²) in [6.45, 7) is 2.11. The van der Waals surface area contributed by atoms with E-state index in [0.29, 0.717) is 12.4 Å². The Morgan fingerprint density at radius 2 is 2.25 bits per heavy atom. The summed E-state index contributed by atoms with van der Waals surface area (Å²) in [7, 11) is 0. The van der Waals surface area contributed by atoms with Crippen molar-refractivity contribution in [3.8, 4) is 0 Å². The molecule has 16 heavy (non-hydrogen) atoms. The van der Waals surface area contributed by atoms with Crippen LogP contribution in [0.4, 0.5) is 0 Å². The number of aromatic nitrogens is 2. The van der Waals surface area contributed by atoms with Gasteiger partial charge < -0.3 is 10.5 Å². The molecule has 0 aliphatic rings. The lowest BCUT2D eigenvalue weighted by atomic mass is 10.4. The number of ether oxygens (including phenoxy) is 1. The highest BCUT2D eigenvalue weighted by Gasteiger charge is 2.15. The van der Waals surface area contributed by atoms with E-state index in [1.807, 2.05) is 6.26 Å². The Balaban J connectivity index is 2.36. The van der Waals surface area contributed by atoms with Crippen molar-refractivity contribution in [2.24, 2.45) is 5.73 Å². The minimum Gasteiger partial charge on any atom is -0.465 e. The Labute approximate surface area is 107 Å². The van der Waals surface area contributed by atoms with Gasteiger partial charge in [0.2, 0.25) is 0 Å². The van der Waals surface area contributed by atoms with Crippen molar-refractivity contribution < 1.29 is 9.53 Å². The number of carbonyl (C=O) groups is 1. The fourth-order valence-corrected chi connectivity index (χ4v) is 3.21. The second-order valence-electron chi connectivity index (χ2n) is 2.71. The topological polar surface area (TPSA) is 78.1 Å². The highest BCUT2D eigenvalue weighted by Crippen LogP contribution is 2.27. The maximum absolute atomic E-state index is 11.2. The third-order valence-electron chi connectivity index (χ3n) is 1.54. The molecule has 5 nitrogen and oxygen atoms in total. The first-order chi connectivity index (χ1) is 7.67. The molecule has 0 aliphatic carbocycles. The Morgan fingerprint density at radius 1 is 1.56 bits per heavy atom. The quantitative estimate of drug-likeness (QED) is 0.620. The van der Waals surface area contributed by atoms with Crippen LogP contribution in [0.1, 0.15) is 6.92 Å². The normalized spacial score (nSPS) is 12.4. The number of nitrogens with two attached hydrogens (primary N) is 1. The lowest BCUT2D eigenvalue weighted by Gasteiger charge is -2.08. The minimum atomic E-state index is -0.605. The van der Waals surface area contributed by atoms with Crippen molar-refractivity contribution in [2.75, 3.05) is 18.6 Å². The molecular weight excluding hydrogens is 266 g/mol. The van der Waals surface area contributed by atoms with Gasteiger partial charge >= 0.3 is 5.97 Å². The molecule has 1 heterocycles. The third-order valence-corrected chi connectivity index (χ3v) is 4.69. The molecule has 0 saturated heterocycles. The van der Waals surface area contributed by atoms with E-state index in [2.05, 4.69) is 10.2 Å². The summed E-state index contributed by atoms with van der Waals surface area (Å²) in [5.74, 6) is 0.0894. The van der Waals surface area contributed by atoms with Gasteiger partial charge in [-0.05, 0) is 13.2 Å². The maximum Gasteiger partial charge on any atom is 0.323 e. The van der Waals surface area contributed by atoms with Crippen LogP contribution in [0.2, 0.25) is 0 Å². The standard InChI is InChI=1S/C8H13N3O2S3/c1-3-13-6(12)5(9)4-15-8-11-10-7(14-2)16-8/h5H,3-4,9H2,1-2H3. The molecule has 0 radical (unpaired) electrons. The Kier molecular flexibility index (Phi) is 6.10. The first-order valence-electron chi connectivity index (χ1n) is 4.59. The van der Waals surface area contributed by atoms with Gasteiger partial charge in [-0.2, -0.15) is 0 Å². The van der Waals surface area contributed by atoms with E-state index in [9.17, 15) is 4.79 Å². The zero-order chi connectivity index (χ0) is 12.0. The fraction of sp³-hybridized carbons (Fsp3) is 0.625. The second-order valence-corrected chi connectivity index (χ2v) is 6.01. The predicted octanol–water partition coefficient (Wildman–Crippen LogP) is 1.24. The van der Waals surface area contributed by atoms with Crippen LogP contribution in [0.25, 0.3) is 0 Å². The van der Waals surface area contributed by atoms with E-state index in [1.54, 1.807) is 18.7 Å². The lowest BCUT2D eigenvalue weighted by molar-refractivity contribution is -0.144. The molecule has 0 fully saturated rings. The average Bonchev–Trinajstić information content (AvgIpc) is 2.74. The van der Waals surface area contributed by atoms with Gasteiger partial charge in [-0.1, -0.05) is 34.9 Å². The van der Waals surface area contributed by atoms with Gasteiger partial charge in [0.1, 0.15) is 6.04 Å². The van der Waals surface area contributed by atoms with E-state index in [0.717, 1.165) is 8.68 Å². The smallest absolute Gasteiger partial charge is 0.323 e. The maximum atomic E-state index is 11.2. The fourth-order valence-electron chi connectivity index (χ4n) is 0.816. The monoisotopic (exact) mass is 279 g/mol. The summed E-state index contributed by atoms with van der Waals surface area (Å²) in [4.78, 5) is 11.2. The van der Waals surface area contributed by atoms with E-state index in [4.69, 9.17) is 10.5 Å². The molecule has 1 unspecified atom stereocenters. The number of carbonyl (C=O) groups excluding carboxylic acids is 1. The van der Waals surface area contributed by atoms with Crippen molar-refractivity contribution in [3.05, 3.63) is 0 Å². The number of nitrogens with zero attached hydrogens (tertiary/aromatic N) is 2. The molecule has 90 valence electrons. The summed E-state index contributed by atoms with van der Waals surface area (Å²) in [5, 5.41) is 7.91. The summed E-state index contributed by atoms with van der Waals surface area (Å²) < 4.78 is 6.54. The Hall–Kier alpha value is -0.310. The summed E-state index contributed by atoms with van der Waals surface area (Å²) in [6, 6.07) is -0.605. The SMILES string of the molecule is CCOC(=O)C(N)CSc1nnc(SC)s1. The molecule has 0 spiro atoms. The largest absolute Gasteiger partial charge is 0.465 e. The van der Waals surface area contributed by atoms with Gasteiger partial charge in [0.05, 0.1) is 6.61 Å². The van der Waals surface area contributed by atoms with Gasteiger partial charge in [-0.25, -0.2) is 0 Å². The van der Waals surface area contributed by atoms with Gasteiger partial charge in [0, 0.05) is 5.75 Å². The molecule has 1 atom stereocenters. The molecule has 0 aliphatic heterocycles. The number of hydrogen-bond donors (Lipinski definition) is 1. The predicted molar refractivity (Wildman–Crippen MR) is 67.0 cm³/mol. The van der Waals surface area contributed by atoms with E-state index in [1.165, 1.54) is 23.1 Å². The van der Waals surface area contributed by atoms with Gasteiger partial charge in [0.25, 0.3) is 0 Å². The van der Waals surface area contributed by atoms with E-state index >= 15 is 0 Å². The lowest BCUT2D eigenvalue weighted by Crippen LogP contribution is -2.34. The van der Waals surface area contributed by atoms with Crippen molar-refractivity contribution in [3.63, 3.8) is 0 Å². The molecule has 0 aromatic carbocycles. The highest BCUT2D eigenvalue weighted by atomic mass is 32.2. The van der Waals surface area contributed by atoms with Crippen LogP contribution in [0, 0.1) is 0 Å². The van der Waals surface area contributed by atoms with Gasteiger partial charge in [-0.15, -0.1) is 10.2 Å². The number of esters is 1. The first kappa shape index (κ1) is 13.8. The molecule has 1 aromatic heterocycles. The van der Waals surface area contributed by atoms with Crippen molar-refractivity contribution >= 4 is 40.8 Å². The van der Waals surface area contributed by atoms with Crippen LogP contribution in [0.3, 0.4) is 0 Å². The van der Waals surface area contributed by atoms with Crippen LogP contribution in [0.15, 0.2) is 8.68 Å². The Bertz CT molecular complexity index is 345. The molecule has 0 bridgehead atoms. The molecule has 1 aromatic rings. The summed E-state index contributed by atoms with van der Waals surface area (Å²) in [5.41, 5.74) is 5.65. The third kappa shape index (κ3) is 4.28. The summed E-state index contributed by atoms with van der Waals surface area (Å²) in [6.07, 6.45) is 1.94. The average molecular weight is 279 g/mol. The van der Waals surface area contributed by atoms with Crippen LogP contribution in [0.5, 0.6) is 0 Å². The second kappa shape index (κ2) is 7.10. The number of hydrogen-bond acceptors (Lipinski definition) is 8. The van der Waals surface area contributed by atoms with Gasteiger partial charge in [0.15, 0.2) is 8.68 Å². The van der Waals surface area contributed by atoms with E-state index < -0.39 is 6.04 Å². The van der Waals surface area contributed by atoms with E-state index in [-0.39, 0.29) is 5.97 Å².